The van der Waals surface area contributed by atoms with Crippen LogP contribution in [0.4, 0.5) is 5.13 Å². The van der Waals surface area contributed by atoms with Gasteiger partial charge in [-0.25, -0.2) is 4.98 Å². The topological polar surface area (TPSA) is 49.3 Å². The third-order valence-electron chi connectivity index (χ3n) is 5.31. The van der Waals surface area contributed by atoms with Crippen molar-refractivity contribution in [3.05, 3.63) is 77.1 Å². The van der Waals surface area contributed by atoms with Crippen molar-refractivity contribution in [2.75, 3.05) is 31.1 Å². The van der Waals surface area contributed by atoms with Gasteiger partial charge in [0, 0.05) is 50.6 Å². The number of aromatic nitrogens is 2. The van der Waals surface area contributed by atoms with Crippen LogP contribution in [-0.4, -0.2) is 46.3 Å². The number of hydrogen-bond donors (Lipinski definition) is 0. The van der Waals surface area contributed by atoms with Gasteiger partial charge in [0.2, 0.25) is 11.0 Å². The predicted molar refractivity (Wildman–Crippen MR) is 117 cm³/mol. The summed E-state index contributed by atoms with van der Waals surface area (Å²) in [5, 5.41) is 0.962. The minimum Gasteiger partial charge on any atom is -0.343 e. The van der Waals surface area contributed by atoms with Crippen LogP contribution in [0.15, 0.2) is 54.6 Å². The van der Waals surface area contributed by atoms with Gasteiger partial charge in [0.25, 0.3) is 0 Å². The maximum atomic E-state index is 12.5. The first-order valence-corrected chi connectivity index (χ1v) is 10.9. The minimum atomic E-state index is 0.242. The van der Waals surface area contributed by atoms with Crippen LogP contribution in [0, 0.1) is 6.92 Å². The molecule has 1 amide bonds. The summed E-state index contributed by atoms with van der Waals surface area (Å²) in [5.74, 6) is 1.11. The van der Waals surface area contributed by atoms with E-state index in [1.165, 1.54) is 28.2 Å². The number of carbonyl (C=O) groups is 1. The number of hydrogen-bond acceptors (Lipinski definition) is 5. The molecule has 3 aromatic rings. The number of aryl methyl sites for hydroxylation is 2. The first-order chi connectivity index (χ1) is 14.2. The predicted octanol–water partition coefficient (Wildman–Crippen LogP) is 3.72. The lowest BCUT2D eigenvalue weighted by Gasteiger charge is -2.34. The zero-order valence-corrected chi connectivity index (χ0v) is 17.6. The number of piperazine rings is 1. The van der Waals surface area contributed by atoms with E-state index in [9.17, 15) is 4.79 Å². The lowest BCUT2D eigenvalue weighted by Crippen LogP contribution is -2.48. The van der Waals surface area contributed by atoms with Crippen LogP contribution in [-0.2, 0) is 17.6 Å². The Morgan fingerprint density at radius 2 is 1.69 bits per heavy atom. The van der Waals surface area contributed by atoms with Gasteiger partial charge in [0.15, 0.2) is 0 Å². The van der Waals surface area contributed by atoms with Crippen LogP contribution < -0.4 is 4.90 Å². The summed E-state index contributed by atoms with van der Waals surface area (Å²) in [4.78, 5) is 21.5. The molecule has 150 valence electrons. The summed E-state index contributed by atoms with van der Waals surface area (Å²) in [7, 11) is 0. The summed E-state index contributed by atoms with van der Waals surface area (Å²) >= 11 is 1.46. The minimum absolute atomic E-state index is 0.242. The zero-order chi connectivity index (χ0) is 20.1. The van der Waals surface area contributed by atoms with E-state index in [1.54, 1.807) is 0 Å². The van der Waals surface area contributed by atoms with E-state index in [0.29, 0.717) is 6.42 Å². The monoisotopic (exact) mass is 406 g/mol. The van der Waals surface area contributed by atoms with Crippen molar-refractivity contribution in [3.63, 3.8) is 0 Å². The zero-order valence-electron chi connectivity index (χ0n) is 16.8. The van der Waals surface area contributed by atoms with Crippen molar-refractivity contribution in [2.24, 2.45) is 0 Å². The van der Waals surface area contributed by atoms with E-state index in [1.807, 2.05) is 23.1 Å². The second-order valence-electron chi connectivity index (χ2n) is 7.51. The molecule has 2 heterocycles. The highest BCUT2D eigenvalue weighted by atomic mass is 32.1. The Morgan fingerprint density at radius 3 is 2.41 bits per heavy atom. The molecule has 6 heteroatoms. The van der Waals surface area contributed by atoms with Gasteiger partial charge in [0.05, 0.1) is 0 Å². The fourth-order valence-corrected chi connectivity index (χ4v) is 4.27. The highest BCUT2D eigenvalue weighted by molar-refractivity contribution is 7.09. The fourth-order valence-electron chi connectivity index (χ4n) is 3.53. The Morgan fingerprint density at radius 1 is 0.966 bits per heavy atom. The fraction of sp³-hybridized carbons (Fsp3) is 0.348. The van der Waals surface area contributed by atoms with Crippen molar-refractivity contribution in [2.45, 2.75) is 26.2 Å². The maximum absolute atomic E-state index is 12.5. The number of amides is 1. The molecule has 1 aliphatic rings. The number of carbonyl (C=O) groups excluding carboxylic acids is 1. The van der Waals surface area contributed by atoms with Gasteiger partial charge in [-0.15, -0.1) is 0 Å². The van der Waals surface area contributed by atoms with Gasteiger partial charge in [0.1, 0.15) is 5.82 Å². The molecule has 1 aliphatic heterocycles. The van der Waals surface area contributed by atoms with Crippen LogP contribution in [0.25, 0.3) is 0 Å². The maximum Gasteiger partial charge on any atom is 0.223 e. The Labute approximate surface area is 176 Å². The molecule has 4 rings (SSSR count). The molecule has 0 spiro atoms. The normalized spacial score (nSPS) is 14.2. The quantitative estimate of drug-likeness (QED) is 0.626. The summed E-state index contributed by atoms with van der Waals surface area (Å²) in [5.41, 5.74) is 3.71. The second-order valence-corrected chi connectivity index (χ2v) is 8.24. The smallest absolute Gasteiger partial charge is 0.223 e. The number of nitrogens with zero attached hydrogens (tertiary/aromatic N) is 4. The van der Waals surface area contributed by atoms with Crippen LogP contribution in [0.1, 0.15) is 28.9 Å². The Hall–Kier alpha value is -2.73. The third kappa shape index (κ3) is 5.21. The largest absolute Gasteiger partial charge is 0.343 e. The molecule has 0 radical (unpaired) electrons. The van der Waals surface area contributed by atoms with Crippen molar-refractivity contribution in [1.82, 2.24) is 14.3 Å². The Bertz CT molecular complexity index is 931. The van der Waals surface area contributed by atoms with E-state index in [4.69, 9.17) is 4.98 Å². The lowest BCUT2D eigenvalue weighted by atomic mass is 10.1. The molecule has 1 aromatic heterocycles. The molecule has 29 heavy (non-hydrogen) atoms. The molecule has 2 aromatic carbocycles. The average Bonchev–Trinajstić information content (AvgIpc) is 3.23. The van der Waals surface area contributed by atoms with E-state index < -0.39 is 0 Å². The first-order valence-electron chi connectivity index (χ1n) is 10.1. The molecule has 0 saturated carbocycles. The van der Waals surface area contributed by atoms with Crippen LogP contribution in [0.3, 0.4) is 0 Å². The Kier molecular flexibility index (Phi) is 6.20. The molecule has 0 aliphatic carbocycles. The highest BCUT2D eigenvalue weighted by Crippen LogP contribution is 2.21. The summed E-state index contributed by atoms with van der Waals surface area (Å²) in [6.07, 6.45) is 2.14. The van der Waals surface area contributed by atoms with Gasteiger partial charge in [-0.2, -0.15) is 4.37 Å². The second kappa shape index (κ2) is 9.18. The van der Waals surface area contributed by atoms with Crippen molar-refractivity contribution in [3.8, 4) is 0 Å². The lowest BCUT2D eigenvalue weighted by molar-refractivity contribution is -0.131. The van der Waals surface area contributed by atoms with Gasteiger partial charge in [-0.3, -0.25) is 4.79 Å². The summed E-state index contributed by atoms with van der Waals surface area (Å²) in [6.45, 7) is 5.22. The molecular weight excluding hydrogens is 380 g/mol. The van der Waals surface area contributed by atoms with E-state index in [0.717, 1.165) is 50.0 Å². The van der Waals surface area contributed by atoms with Gasteiger partial charge >= 0.3 is 0 Å². The molecule has 1 fully saturated rings. The number of benzene rings is 2. The van der Waals surface area contributed by atoms with E-state index >= 15 is 0 Å². The molecule has 0 N–H and O–H groups in total. The molecule has 0 atom stereocenters. The molecule has 1 saturated heterocycles. The first kappa shape index (κ1) is 19.6. The van der Waals surface area contributed by atoms with Gasteiger partial charge in [-0.05, 0) is 24.5 Å². The molecule has 0 unspecified atom stereocenters. The Balaban J connectivity index is 1.26. The third-order valence-corrected chi connectivity index (χ3v) is 6.13. The van der Waals surface area contributed by atoms with E-state index in [-0.39, 0.29) is 5.91 Å². The summed E-state index contributed by atoms with van der Waals surface area (Å²) in [6, 6.07) is 18.7. The highest BCUT2D eigenvalue weighted by Gasteiger charge is 2.23. The van der Waals surface area contributed by atoms with E-state index in [2.05, 4.69) is 52.6 Å². The molecular formula is C23H26N4OS. The number of anilines is 1. The van der Waals surface area contributed by atoms with Crippen LogP contribution in [0.5, 0.6) is 0 Å². The average molecular weight is 407 g/mol. The van der Waals surface area contributed by atoms with Crippen molar-refractivity contribution < 1.29 is 4.79 Å². The standard InChI is InChI=1S/C23H26N4OS/c1-18-7-9-20(10-8-18)17-21-24-23(29-25-21)27-15-13-26(14-16-27)22(28)12-11-19-5-3-2-4-6-19/h2-10H,11-17H2,1H3. The van der Waals surface area contributed by atoms with Crippen molar-refractivity contribution >= 4 is 22.6 Å². The van der Waals surface area contributed by atoms with Crippen LogP contribution in [0.2, 0.25) is 0 Å². The van der Waals surface area contributed by atoms with Crippen molar-refractivity contribution in [1.29, 1.82) is 0 Å². The SMILES string of the molecule is Cc1ccc(Cc2nsc(N3CCN(C(=O)CCc4ccccc4)CC3)n2)cc1. The number of rotatable bonds is 6. The van der Waals surface area contributed by atoms with Gasteiger partial charge in [-0.1, -0.05) is 60.2 Å². The summed E-state index contributed by atoms with van der Waals surface area (Å²) < 4.78 is 4.53. The molecule has 0 bridgehead atoms. The van der Waals surface area contributed by atoms with Crippen LogP contribution >= 0.6 is 11.5 Å². The molecule has 5 nitrogen and oxygen atoms in total. The van der Waals surface area contributed by atoms with Gasteiger partial charge < -0.3 is 9.80 Å².